The zero-order chi connectivity index (χ0) is 13.2. The van der Waals surface area contributed by atoms with Crippen LogP contribution in [0.1, 0.15) is 41.9 Å². The van der Waals surface area contributed by atoms with Crippen molar-refractivity contribution < 1.29 is 13.2 Å². The molecule has 0 saturated heterocycles. The number of hydrogen-bond donors (Lipinski definition) is 1. The maximum absolute atomic E-state index is 13.1. The fourth-order valence-electron chi connectivity index (χ4n) is 2.58. The summed E-state index contributed by atoms with van der Waals surface area (Å²) in [5, 5.41) is 0. The summed E-state index contributed by atoms with van der Waals surface area (Å²) in [6, 6.07) is 4.29. The minimum Gasteiger partial charge on any atom is -0.326 e. The zero-order valence-corrected chi connectivity index (χ0v) is 10.0. The molecule has 98 valence electrons. The van der Waals surface area contributed by atoms with Crippen LogP contribution in [0.15, 0.2) is 30.4 Å². The van der Waals surface area contributed by atoms with Gasteiger partial charge in [-0.05, 0) is 42.4 Å². The van der Waals surface area contributed by atoms with Crippen LogP contribution < -0.4 is 5.73 Å². The summed E-state index contributed by atoms with van der Waals surface area (Å²) in [5.74, 6) is -0.0635. The minimum atomic E-state index is -4.30. The molecular formula is C14H16F3N. The Labute approximate surface area is 104 Å². The van der Waals surface area contributed by atoms with Gasteiger partial charge >= 0.3 is 6.18 Å². The van der Waals surface area contributed by atoms with E-state index in [-0.39, 0.29) is 12.5 Å². The van der Waals surface area contributed by atoms with Crippen molar-refractivity contribution in [2.45, 2.75) is 37.9 Å². The Kier molecular flexibility index (Phi) is 3.76. The van der Waals surface area contributed by atoms with Crippen molar-refractivity contribution in [1.82, 2.24) is 0 Å². The van der Waals surface area contributed by atoms with Gasteiger partial charge < -0.3 is 5.73 Å². The zero-order valence-electron chi connectivity index (χ0n) is 10.0. The Balaban J connectivity index is 2.50. The van der Waals surface area contributed by atoms with Crippen LogP contribution in [0, 0.1) is 0 Å². The van der Waals surface area contributed by atoms with Crippen molar-refractivity contribution in [3.8, 4) is 0 Å². The van der Waals surface area contributed by atoms with Crippen molar-refractivity contribution in [2.75, 3.05) is 0 Å². The summed E-state index contributed by atoms with van der Waals surface area (Å²) in [7, 11) is 0. The van der Waals surface area contributed by atoms with E-state index < -0.39 is 11.7 Å². The molecule has 0 saturated carbocycles. The predicted octanol–water partition coefficient (Wildman–Crippen LogP) is 3.99. The number of nitrogens with two attached hydrogens (primary N) is 1. The molecule has 0 bridgehead atoms. The standard InChI is InChI=1S/C14H16F3N/c15-14(16,17)12-8-4-7-11(9-18)13(12)10-5-2-1-3-6-10/h1-2,4,7-8,10H,3,5-6,9,18H2. The van der Waals surface area contributed by atoms with Crippen molar-refractivity contribution in [3.05, 3.63) is 47.0 Å². The Morgan fingerprint density at radius 3 is 2.56 bits per heavy atom. The normalized spacial score (nSPS) is 20.1. The van der Waals surface area contributed by atoms with Crippen molar-refractivity contribution >= 4 is 0 Å². The first-order valence-corrected chi connectivity index (χ1v) is 6.08. The first kappa shape index (κ1) is 13.1. The third-order valence-electron chi connectivity index (χ3n) is 3.40. The molecule has 4 heteroatoms. The fourth-order valence-corrected chi connectivity index (χ4v) is 2.58. The molecule has 1 aromatic carbocycles. The van der Waals surface area contributed by atoms with Gasteiger partial charge in [0.25, 0.3) is 0 Å². The molecule has 0 radical (unpaired) electrons. The van der Waals surface area contributed by atoms with Crippen LogP contribution in [0.3, 0.4) is 0 Å². The maximum Gasteiger partial charge on any atom is 0.416 e. The second-order valence-electron chi connectivity index (χ2n) is 4.56. The van der Waals surface area contributed by atoms with E-state index in [0.29, 0.717) is 17.5 Å². The molecule has 0 amide bonds. The van der Waals surface area contributed by atoms with Gasteiger partial charge in [0.1, 0.15) is 0 Å². The third kappa shape index (κ3) is 2.58. The monoisotopic (exact) mass is 255 g/mol. The van der Waals surface area contributed by atoms with Crippen LogP contribution in [-0.4, -0.2) is 0 Å². The highest BCUT2D eigenvalue weighted by atomic mass is 19.4. The molecule has 0 aromatic heterocycles. The fraction of sp³-hybridized carbons (Fsp3) is 0.429. The van der Waals surface area contributed by atoms with Crippen molar-refractivity contribution in [2.24, 2.45) is 5.73 Å². The lowest BCUT2D eigenvalue weighted by Crippen LogP contribution is -2.16. The lowest BCUT2D eigenvalue weighted by molar-refractivity contribution is -0.138. The van der Waals surface area contributed by atoms with Crippen LogP contribution in [0.2, 0.25) is 0 Å². The van der Waals surface area contributed by atoms with Crippen LogP contribution in [-0.2, 0) is 12.7 Å². The van der Waals surface area contributed by atoms with Gasteiger partial charge in [0.05, 0.1) is 5.56 Å². The summed E-state index contributed by atoms with van der Waals surface area (Å²) >= 11 is 0. The van der Waals surface area contributed by atoms with E-state index in [4.69, 9.17) is 5.73 Å². The molecule has 1 atom stereocenters. The Hall–Kier alpha value is -1.29. The molecule has 1 aliphatic carbocycles. The van der Waals surface area contributed by atoms with Crippen LogP contribution >= 0.6 is 0 Å². The topological polar surface area (TPSA) is 26.0 Å². The van der Waals surface area contributed by atoms with Gasteiger partial charge in [0, 0.05) is 6.54 Å². The molecule has 0 heterocycles. The molecule has 0 spiro atoms. The maximum atomic E-state index is 13.1. The summed E-state index contributed by atoms with van der Waals surface area (Å²) in [4.78, 5) is 0. The Morgan fingerprint density at radius 1 is 1.22 bits per heavy atom. The minimum absolute atomic E-state index is 0.0635. The number of benzene rings is 1. The molecule has 0 fully saturated rings. The lowest BCUT2D eigenvalue weighted by Gasteiger charge is -2.25. The molecule has 1 aliphatic rings. The van der Waals surface area contributed by atoms with E-state index in [1.165, 1.54) is 6.07 Å². The highest BCUT2D eigenvalue weighted by molar-refractivity contribution is 5.40. The van der Waals surface area contributed by atoms with Gasteiger partial charge in [0.15, 0.2) is 0 Å². The largest absolute Gasteiger partial charge is 0.416 e. The van der Waals surface area contributed by atoms with Gasteiger partial charge in [-0.15, -0.1) is 0 Å². The lowest BCUT2D eigenvalue weighted by atomic mass is 9.82. The molecular weight excluding hydrogens is 239 g/mol. The quantitative estimate of drug-likeness (QED) is 0.794. The number of rotatable bonds is 2. The number of allylic oxidation sites excluding steroid dienone is 2. The number of alkyl halides is 3. The van der Waals surface area contributed by atoms with Gasteiger partial charge in [-0.25, -0.2) is 0 Å². The van der Waals surface area contributed by atoms with Crippen molar-refractivity contribution in [3.63, 3.8) is 0 Å². The average molecular weight is 255 g/mol. The van der Waals surface area contributed by atoms with Crippen molar-refractivity contribution in [1.29, 1.82) is 0 Å². The summed E-state index contributed by atoms with van der Waals surface area (Å²) < 4.78 is 39.2. The smallest absolute Gasteiger partial charge is 0.326 e. The second-order valence-corrected chi connectivity index (χ2v) is 4.56. The first-order valence-electron chi connectivity index (χ1n) is 6.08. The molecule has 2 rings (SSSR count). The van der Waals surface area contributed by atoms with Crippen LogP contribution in [0.25, 0.3) is 0 Å². The first-order chi connectivity index (χ1) is 8.54. The van der Waals surface area contributed by atoms with Crippen LogP contribution in [0.5, 0.6) is 0 Å². The highest BCUT2D eigenvalue weighted by Crippen LogP contribution is 2.40. The van der Waals surface area contributed by atoms with E-state index in [1.807, 2.05) is 12.2 Å². The van der Waals surface area contributed by atoms with E-state index in [1.54, 1.807) is 6.07 Å². The average Bonchev–Trinajstić information content (AvgIpc) is 2.38. The molecule has 0 aliphatic heterocycles. The third-order valence-corrected chi connectivity index (χ3v) is 3.40. The Bertz CT molecular complexity index is 449. The molecule has 1 aromatic rings. The Morgan fingerprint density at radius 2 is 2.00 bits per heavy atom. The predicted molar refractivity (Wildman–Crippen MR) is 65.1 cm³/mol. The number of halogens is 3. The van der Waals surface area contributed by atoms with E-state index in [0.717, 1.165) is 18.9 Å². The van der Waals surface area contributed by atoms with Gasteiger partial charge in [-0.1, -0.05) is 24.3 Å². The second kappa shape index (κ2) is 5.14. The van der Waals surface area contributed by atoms with Gasteiger partial charge in [0.2, 0.25) is 0 Å². The molecule has 1 unspecified atom stereocenters. The van der Waals surface area contributed by atoms with Gasteiger partial charge in [-0.2, -0.15) is 13.2 Å². The van der Waals surface area contributed by atoms with Crippen LogP contribution in [0.4, 0.5) is 13.2 Å². The molecule has 18 heavy (non-hydrogen) atoms. The molecule has 2 N–H and O–H groups in total. The van der Waals surface area contributed by atoms with E-state index in [9.17, 15) is 13.2 Å². The van der Waals surface area contributed by atoms with Gasteiger partial charge in [-0.3, -0.25) is 0 Å². The van der Waals surface area contributed by atoms with E-state index >= 15 is 0 Å². The highest BCUT2D eigenvalue weighted by Gasteiger charge is 2.36. The molecule has 1 nitrogen and oxygen atoms in total. The summed E-state index contributed by atoms with van der Waals surface area (Å²) in [6.07, 6.45) is 1.94. The SMILES string of the molecule is NCc1cccc(C(F)(F)F)c1C1CC=CCC1. The summed E-state index contributed by atoms with van der Waals surface area (Å²) in [6.45, 7) is 0.152. The number of hydrogen-bond acceptors (Lipinski definition) is 1. The van der Waals surface area contributed by atoms with E-state index in [2.05, 4.69) is 0 Å². The summed E-state index contributed by atoms with van der Waals surface area (Å²) in [5.41, 5.74) is 6.08.